The minimum atomic E-state index is -0.568. The number of Topliss-reactive ketones (excluding diaryl/α,β-unsaturated/α-hetero) is 1. The second-order valence-electron chi connectivity index (χ2n) is 8.71. The topological polar surface area (TPSA) is 82.0 Å². The molecular weight excluding hydrogens is 449 g/mol. The Hall–Kier alpha value is -3.37. The molecular formula is C27H26FN3O2S. The van der Waals surface area contributed by atoms with Gasteiger partial charge in [-0.05, 0) is 48.1 Å². The predicted molar refractivity (Wildman–Crippen MR) is 132 cm³/mol. The first-order valence-corrected chi connectivity index (χ1v) is 12.3. The van der Waals surface area contributed by atoms with Gasteiger partial charge in [-0.2, -0.15) is 5.26 Å². The largest absolute Gasteiger partial charge is 0.352 e. The second kappa shape index (κ2) is 10.3. The zero-order valence-corrected chi connectivity index (χ0v) is 20.0. The Labute approximate surface area is 203 Å². The molecule has 0 spiro atoms. The predicted octanol–water partition coefficient (Wildman–Crippen LogP) is 5.75. The van der Waals surface area contributed by atoms with Gasteiger partial charge >= 0.3 is 0 Å². The number of halogens is 1. The molecule has 4 rings (SSSR count). The summed E-state index contributed by atoms with van der Waals surface area (Å²) in [7, 11) is 0. The third kappa shape index (κ3) is 4.92. The Morgan fingerprint density at radius 2 is 1.94 bits per heavy atom. The molecule has 34 heavy (non-hydrogen) atoms. The fourth-order valence-electron chi connectivity index (χ4n) is 4.46. The maximum Gasteiger partial charge on any atom is 0.234 e. The summed E-state index contributed by atoms with van der Waals surface area (Å²) >= 11 is 1.24. The number of benzene rings is 2. The van der Waals surface area contributed by atoms with Crippen LogP contribution in [-0.4, -0.2) is 17.4 Å². The van der Waals surface area contributed by atoms with Gasteiger partial charge < -0.3 is 10.6 Å². The fourth-order valence-corrected chi connectivity index (χ4v) is 5.33. The average molecular weight is 476 g/mol. The van der Waals surface area contributed by atoms with Crippen molar-refractivity contribution >= 4 is 29.1 Å². The molecule has 1 heterocycles. The number of ketones is 1. The van der Waals surface area contributed by atoms with Crippen molar-refractivity contribution in [3.05, 3.63) is 87.3 Å². The first kappa shape index (κ1) is 23.8. The van der Waals surface area contributed by atoms with Crippen LogP contribution in [0.3, 0.4) is 0 Å². The molecule has 0 saturated carbocycles. The number of dihydropyridines is 1. The van der Waals surface area contributed by atoms with Gasteiger partial charge in [0.2, 0.25) is 5.91 Å². The van der Waals surface area contributed by atoms with E-state index in [-0.39, 0.29) is 29.2 Å². The van der Waals surface area contributed by atoms with Crippen LogP contribution < -0.4 is 10.6 Å². The van der Waals surface area contributed by atoms with Crippen LogP contribution in [0.2, 0.25) is 0 Å². The summed E-state index contributed by atoms with van der Waals surface area (Å²) in [6.07, 6.45) is 1.85. The molecule has 0 radical (unpaired) electrons. The van der Waals surface area contributed by atoms with E-state index in [0.717, 1.165) is 23.4 Å². The van der Waals surface area contributed by atoms with E-state index >= 15 is 0 Å². The summed E-state index contributed by atoms with van der Waals surface area (Å²) < 4.78 is 13.6. The van der Waals surface area contributed by atoms with Crippen LogP contribution in [-0.2, 0) is 9.59 Å². The maximum atomic E-state index is 13.6. The number of thioether (sulfide) groups is 1. The lowest BCUT2D eigenvalue weighted by Crippen LogP contribution is -2.31. The molecule has 1 amide bonds. The number of hydrogen-bond donors (Lipinski definition) is 2. The molecule has 1 aliphatic carbocycles. The highest BCUT2D eigenvalue weighted by Crippen LogP contribution is 2.44. The van der Waals surface area contributed by atoms with Crippen molar-refractivity contribution < 1.29 is 14.0 Å². The third-order valence-corrected chi connectivity index (χ3v) is 7.09. The monoisotopic (exact) mass is 475 g/mol. The number of amides is 1. The molecule has 2 aliphatic rings. The lowest BCUT2D eigenvalue weighted by Gasteiger charge is -2.33. The number of allylic oxidation sites excluding steroid dienone is 3. The van der Waals surface area contributed by atoms with Crippen LogP contribution in [0.4, 0.5) is 10.1 Å². The molecule has 2 aromatic carbocycles. The fraction of sp³-hybridized carbons (Fsp3) is 0.296. The highest BCUT2D eigenvalue weighted by Gasteiger charge is 2.37. The molecule has 0 bridgehead atoms. The molecule has 0 fully saturated rings. The standard InChI is InChI=1S/C27H26FN3O2S/c1-16(2)19-6-3-4-7-21(19)30-24(33)15-34-27-20(14-29)25(17-10-12-18(28)13-11-17)26-22(31-27)8-5-9-23(26)32/h3-4,6-7,10-13,16,25,31H,5,8-9,15H2,1-2H3,(H,30,33). The summed E-state index contributed by atoms with van der Waals surface area (Å²) in [6, 6.07) is 15.9. The summed E-state index contributed by atoms with van der Waals surface area (Å²) in [5.74, 6) is -0.751. The first-order valence-electron chi connectivity index (χ1n) is 11.3. The lowest BCUT2D eigenvalue weighted by atomic mass is 9.77. The molecule has 1 aliphatic heterocycles. The van der Waals surface area contributed by atoms with Crippen molar-refractivity contribution in [1.29, 1.82) is 5.26 Å². The van der Waals surface area contributed by atoms with Crippen LogP contribution in [0.15, 0.2) is 70.4 Å². The van der Waals surface area contributed by atoms with Gasteiger partial charge in [-0.15, -0.1) is 0 Å². The van der Waals surface area contributed by atoms with Crippen molar-refractivity contribution in [3.63, 3.8) is 0 Å². The van der Waals surface area contributed by atoms with Gasteiger partial charge in [0, 0.05) is 23.4 Å². The summed E-state index contributed by atoms with van der Waals surface area (Å²) in [5, 5.41) is 16.9. The number of nitrogens with zero attached hydrogens (tertiary/aromatic N) is 1. The molecule has 5 nitrogen and oxygen atoms in total. The van der Waals surface area contributed by atoms with Crippen molar-refractivity contribution in [2.24, 2.45) is 0 Å². The van der Waals surface area contributed by atoms with E-state index in [4.69, 9.17) is 0 Å². The Kier molecular flexibility index (Phi) is 7.18. The van der Waals surface area contributed by atoms with Crippen molar-refractivity contribution in [2.75, 3.05) is 11.1 Å². The minimum Gasteiger partial charge on any atom is -0.352 e. The van der Waals surface area contributed by atoms with Crippen molar-refractivity contribution in [3.8, 4) is 6.07 Å². The number of carbonyl (C=O) groups is 2. The number of nitriles is 1. The number of nitrogens with one attached hydrogen (secondary N) is 2. The van der Waals surface area contributed by atoms with E-state index in [2.05, 4.69) is 30.6 Å². The van der Waals surface area contributed by atoms with Crippen LogP contribution in [0.1, 0.15) is 56.1 Å². The number of carbonyl (C=O) groups excluding carboxylic acids is 2. The Morgan fingerprint density at radius 3 is 2.65 bits per heavy atom. The highest BCUT2D eigenvalue weighted by atomic mass is 32.2. The summed E-state index contributed by atoms with van der Waals surface area (Å²) in [4.78, 5) is 25.6. The van der Waals surface area contributed by atoms with Crippen molar-refractivity contribution in [1.82, 2.24) is 5.32 Å². The van der Waals surface area contributed by atoms with Gasteiger partial charge in [0.25, 0.3) is 0 Å². The van der Waals surface area contributed by atoms with Gasteiger partial charge in [-0.3, -0.25) is 9.59 Å². The number of para-hydroxylation sites is 1. The first-order chi connectivity index (χ1) is 16.4. The molecule has 174 valence electrons. The average Bonchev–Trinajstić information content (AvgIpc) is 2.82. The van der Waals surface area contributed by atoms with E-state index in [0.29, 0.717) is 34.6 Å². The maximum absolute atomic E-state index is 13.6. The summed E-state index contributed by atoms with van der Waals surface area (Å²) in [6.45, 7) is 4.14. The third-order valence-electron chi connectivity index (χ3n) is 6.07. The number of hydrogen-bond acceptors (Lipinski definition) is 5. The molecule has 7 heteroatoms. The quantitative estimate of drug-likeness (QED) is 0.556. The SMILES string of the molecule is CC(C)c1ccccc1NC(=O)CSC1=C(C#N)C(c2ccc(F)cc2)C2=C(CCCC2=O)N1. The van der Waals surface area contributed by atoms with Gasteiger partial charge in [0.05, 0.1) is 28.3 Å². The zero-order chi connectivity index (χ0) is 24.2. The van der Waals surface area contributed by atoms with E-state index in [1.807, 2.05) is 24.3 Å². The van der Waals surface area contributed by atoms with Crippen molar-refractivity contribution in [2.45, 2.75) is 44.9 Å². The van der Waals surface area contributed by atoms with Gasteiger partial charge in [0.1, 0.15) is 5.82 Å². The number of anilines is 1. The molecule has 1 atom stereocenters. The van der Waals surface area contributed by atoms with Crippen LogP contribution >= 0.6 is 11.8 Å². The number of rotatable bonds is 6. The van der Waals surface area contributed by atoms with Crippen LogP contribution in [0.25, 0.3) is 0 Å². The van der Waals surface area contributed by atoms with E-state index in [9.17, 15) is 19.2 Å². The highest BCUT2D eigenvalue weighted by molar-refractivity contribution is 8.03. The molecule has 2 N–H and O–H groups in total. The van der Waals surface area contributed by atoms with Gasteiger partial charge in [-0.1, -0.05) is 55.9 Å². The summed E-state index contributed by atoms with van der Waals surface area (Å²) in [5.41, 5.74) is 4.27. The van der Waals surface area contributed by atoms with Gasteiger partial charge in [-0.25, -0.2) is 4.39 Å². The Balaban J connectivity index is 1.60. The Bertz CT molecular complexity index is 1230. The molecule has 1 unspecified atom stereocenters. The molecule has 0 saturated heterocycles. The lowest BCUT2D eigenvalue weighted by molar-refractivity contribution is -0.116. The normalized spacial score (nSPS) is 17.9. The van der Waals surface area contributed by atoms with Crippen LogP contribution in [0.5, 0.6) is 0 Å². The van der Waals surface area contributed by atoms with E-state index in [1.165, 1.54) is 23.9 Å². The minimum absolute atomic E-state index is 0.00269. The zero-order valence-electron chi connectivity index (χ0n) is 19.2. The van der Waals surface area contributed by atoms with E-state index in [1.54, 1.807) is 12.1 Å². The second-order valence-corrected chi connectivity index (χ2v) is 9.70. The van der Waals surface area contributed by atoms with Crippen LogP contribution in [0, 0.1) is 17.1 Å². The van der Waals surface area contributed by atoms with E-state index < -0.39 is 5.92 Å². The smallest absolute Gasteiger partial charge is 0.234 e. The Morgan fingerprint density at radius 1 is 1.21 bits per heavy atom. The van der Waals surface area contributed by atoms with Gasteiger partial charge in [0.15, 0.2) is 5.78 Å². The molecule has 0 aromatic heterocycles. The molecule has 2 aromatic rings.